The zero-order valence-corrected chi connectivity index (χ0v) is 11.0. The molecular weight excluding hydrogens is 188 g/mol. The van der Waals surface area contributed by atoms with E-state index in [9.17, 15) is 0 Å². The molecule has 0 rings (SSSR count). The molecule has 0 aromatic heterocycles. The van der Waals surface area contributed by atoms with Gasteiger partial charge in [-0.15, -0.1) is 0 Å². The Kier molecular flexibility index (Phi) is 6.97. The van der Waals surface area contributed by atoms with Gasteiger partial charge in [0.25, 0.3) is 0 Å². The zero-order chi connectivity index (χ0) is 9.45. The lowest BCUT2D eigenvalue weighted by atomic mass is 10.9. The maximum atomic E-state index is 5.62. The van der Waals surface area contributed by atoms with Crippen LogP contribution in [0.15, 0.2) is 0 Å². The Labute approximate surface area is 78.4 Å². The van der Waals surface area contributed by atoms with E-state index in [2.05, 4.69) is 6.55 Å². The van der Waals surface area contributed by atoms with Crippen LogP contribution < -0.4 is 0 Å². The van der Waals surface area contributed by atoms with Gasteiger partial charge in [-0.1, -0.05) is 6.55 Å². The van der Waals surface area contributed by atoms with E-state index in [4.69, 9.17) is 13.3 Å². The van der Waals surface area contributed by atoms with Crippen molar-refractivity contribution in [3.63, 3.8) is 0 Å². The molecule has 0 spiro atoms. The topological polar surface area (TPSA) is 27.7 Å². The quantitative estimate of drug-likeness (QED) is 0.578. The van der Waals surface area contributed by atoms with Crippen molar-refractivity contribution < 1.29 is 13.3 Å². The molecule has 0 bridgehead atoms. The molecule has 5 heteroatoms. The summed E-state index contributed by atoms with van der Waals surface area (Å²) >= 11 is 0. The molecular formula is C7H20O3Si2. The van der Waals surface area contributed by atoms with Crippen molar-refractivity contribution >= 4 is 17.4 Å². The molecule has 0 aromatic rings. The second kappa shape index (κ2) is 6.79. The number of hydrogen-bond donors (Lipinski definition) is 0. The maximum Gasteiger partial charge on any atom is 0.461 e. The first-order valence-electron chi connectivity index (χ1n) is 4.66. The lowest BCUT2D eigenvalue weighted by Gasteiger charge is -2.27. The van der Waals surface area contributed by atoms with Gasteiger partial charge in [-0.3, -0.25) is 0 Å². The van der Waals surface area contributed by atoms with Crippen molar-refractivity contribution in [2.75, 3.05) is 19.8 Å². The van der Waals surface area contributed by atoms with E-state index in [-0.39, 0.29) is 9.04 Å². The molecule has 0 amide bonds. The summed E-state index contributed by atoms with van der Waals surface area (Å²) < 4.78 is 16.8. The Balaban J connectivity index is 4.06. The van der Waals surface area contributed by atoms with Crippen LogP contribution >= 0.6 is 0 Å². The highest BCUT2D eigenvalue weighted by atomic mass is 29.2. The van der Waals surface area contributed by atoms with Crippen LogP contribution in [-0.2, 0) is 13.3 Å². The molecule has 3 nitrogen and oxygen atoms in total. The van der Waals surface area contributed by atoms with E-state index in [0.29, 0.717) is 19.8 Å². The Morgan fingerprint density at radius 3 is 1.42 bits per heavy atom. The van der Waals surface area contributed by atoms with E-state index >= 15 is 0 Å². The first kappa shape index (κ1) is 12.3. The Morgan fingerprint density at radius 1 is 0.917 bits per heavy atom. The predicted molar refractivity (Wildman–Crippen MR) is 55.0 cm³/mol. The third kappa shape index (κ3) is 3.82. The highest BCUT2D eigenvalue weighted by Gasteiger charge is 2.37. The van der Waals surface area contributed by atoms with Gasteiger partial charge in [0.1, 0.15) is 9.04 Å². The molecule has 0 saturated carbocycles. The average molecular weight is 208 g/mol. The van der Waals surface area contributed by atoms with Crippen molar-refractivity contribution in [1.82, 2.24) is 0 Å². The summed E-state index contributed by atoms with van der Waals surface area (Å²) in [7, 11) is -2.47. The molecule has 12 heavy (non-hydrogen) atoms. The second-order valence-corrected chi connectivity index (χ2v) is 9.99. The third-order valence-electron chi connectivity index (χ3n) is 1.53. The molecule has 0 radical (unpaired) electrons. The molecule has 0 heterocycles. The molecule has 0 aliphatic rings. The van der Waals surface area contributed by atoms with Gasteiger partial charge >= 0.3 is 8.32 Å². The van der Waals surface area contributed by atoms with Gasteiger partial charge in [0, 0.05) is 19.8 Å². The molecule has 0 N–H and O–H groups in total. The first-order chi connectivity index (χ1) is 5.74. The summed E-state index contributed by atoms with van der Waals surface area (Å²) in [5.74, 6) is 0. The van der Waals surface area contributed by atoms with Crippen molar-refractivity contribution in [1.29, 1.82) is 0 Å². The fourth-order valence-electron chi connectivity index (χ4n) is 1.09. The minimum absolute atomic E-state index is 0.340. The van der Waals surface area contributed by atoms with Crippen LogP contribution in [0.2, 0.25) is 6.55 Å². The first-order valence-corrected chi connectivity index (χ1v) is 10.1. The molecule has 0 unspecified atom stereocenters. The highest BCUT2D eigenvalue weighted by Crippen LogP contribution is 2.07. The van der Waals surface area contributed by atoms with E-state index in [1.54, 1.807) is 0 Å². The predicted octanol–water partition coefficient (Wildman–Crippen LogP) is 0.748. The van der Waals surface area contributed by atoms with Gasteiger partial charge in [0.05, 0.1) is 0 Å². The van der Waals surface area contributed by atoms with Gasteiger partial charge in [-0.2, -0.15) is 0 Å². The summed E-state index contributed by atoms with van der Waals surface area (Å²) in [6, 6.07) is 0. The zero-order valence-electron chi connectivity index (χ0n) is 8.55. The van der Waals surface area contributed by atoms with Crippen LogP contribution in [0.1, 0.15) is 20.8 Å². The van der Waals surface area contributed by atoms with E-state index in [1.165, 1.54) is 0 Å². The highest BCUT2D eigenvalue weighted by molar-refractivity contribution is 7.14. The fourth-order valence-corrected chi connectivity index (χ4v) is 6.95. The smallest absolute Gasteiger partial charge is 0.377 e. The van der Waals surface area contributed by atoms with Crippen LogP contribution in [0.25, 0.3) is 0 Å². The van der Waals surface area contributed by atoms with Crippen LogP contribution in [0.5, 0.6) is 0 Å². The normalized spacial score (nSPS) is 13.0. The van der Waals surface area contributed by atoms with Gasteiger partial charge in [0.15, 0.2) is 0 Å². The van der Waals surface area contributed by atoms with E-state index in [0.717, 1.165) is 0 Å². The number of hydrogen-bond acceptors (Lipinski definition) is 3. The Morgan fingerprint density at radius 2 is 1.25 bits per heavy atom. The van der Waals surface area contributed by atoms with Gasteiger partial charge in [-0.05, 0) is 20.8 Å². The maximum absolute atomic E-state index is 5.62. The van der Waals surface area contributed by atoms with Gasteiger partial charge < -0.3 is 13.3 Å². The van der Waals surface area contributed by atoms with E-state index < -0.39 is 8.32 Å². The summed E-state index contributed by atoms with van der Waals surface area (Å²) in [6.07, 6.45) is 0. The van der Waals surface area contributed by atoms with Gasteiger partial charge in [-0.25, -0.2) is 0 Å². The van der Waals surface area contributed by atoms with Crippen LogP contribution in [0, 0.1) is 0 Å². The van der Waals surface area contributed by atoms with Gasteiger partial charge in [0.2, 0.25) is 0 Å². The monoisotopic (exact) mass is 208 g/mol. The minimum atomic E-state index is -2.13. The molecule has 0 aromatic carbocycles. The molecule has 0 atom stereocenters. The third-order valence-corrected chi connectivity index (χ3v) is 9.01. The van der Waals surface area contributed by atoms with Crippen LogP contribution in [0.3, 0.4) is 0 Å². The van der Waals surface area contributed by atoms with Crippen molar-refractivity contribution in [2.24, 2.45) is 0 Å². The lowest BCUT2D eigenvalue weighted by molar-refractivity contribution is 0.0931. The molecule has 0 fully saturated rings. The summed E-state index contributed by atoms with van der Waals surface area (Å²) in [5.41, 5.74) is 0. The minimum Gasteiger partial charge on any atom is -0.377 e. The largest absolute Gasteiger partial charge is 0.461 e. The van der Waals surface area contributed by atoms with Crippen LogP contribution in [0.4, 0.5) is 0 Å². The standard InChI is InChI=1S/C7H20O3Si2/c1-5-8-12(11-4,9-6-2)10-7-3/h5-7,11H2,1-4H3. The number of rotatable bonds is 7. The fraction of sp³-hybridized carbons (Fsp3) is 1.00. The van der Waals surface area contributed by atoms with Crippen molar-refractivity contribution in [3.8, 4) is 0 Å². The summed E-state index contributed by atoms with van der Waals surface area (Å²) in [6.45, 7) is 10.3. The summed E-state index contributed by atoms with van der Waals surface area (Å²) in [4.78, 5) is 0. The summed E-state index contributed by atoms with van der Waals surface area (Å²) in [5, 5.41) is 0. The van der Waals surface area contributed by atoms with Crippen LogP contribution in [-0.4, -0.2) is 37.2 Å². The Hall–Kier alpha value is 0.314. The average Bonchev–Trinajstić information content (AvgIpc) is 2.06. The molecule has 0 saturated heterocycles. The second-order valence-electron chi connectivity index (χ2n) is 2.34. The van der Waals surface area contributed by atoms with E-state index in [1.807, 2.05) is 20.8 Å². The lowest BCUT2D eigenvalue weighted by Crippen LogP contribution is -2.51. The molecule has 74 valence electrons. The van der Waals surface area contributed by atoms with Crippen molar-refractivity contribution in [3.05, 3.63) is 0 Å². The molecule has 0 aliphatic heterocycles. The van der Waals surface area contributed by atoms with Crippen molar-refractivity contribution in [2.45, 2.75) is 27.3 Å². The SMILES string of the molecule is CCO[Si](OCC)(OCC)[SiH2]C. The molecule has 0 aliphatic carbocycles. The Bertz CT molecular complexity index is 93.8.